The molecule has 0 spiro atoms. The van der Waals surface area contributed by atoms with Crippen LogP contribution < -0.4 is 5.32 Å². The summed E-state index contributed by atoms with van der Waals surface area (Å²) >= 11 is 1.71. The third-order valence-corrected chi connectivity index (χ3v) is 6.23. The van der Waals surface area contributed by atoms with E-state index in [4.69, 9.17) is 0 Å². The number of halogens is 1. The van der Waals surface area contributed by atoms with Gasteiger partial charge >= 0.3 is 0 Å². The molecule has 0 aromatic heterocycles. The molecular weight excluding hydrogens is 340 g/mol. The third-order valence-electron chi connectivity index (χ3n) is 4.87. The maximum Gasteiger partial charge on any atom is 0.236 e. The second-order valence-electron chi connectivity index (χ2n) is 6.78. The monoisotopic (exact) mass is 368 g/mol. The number of thioether (sulfide) groups is 1. The molecule has 1 unspecified atom stereocenters. The zero-order chi connectivity index (χ0) is 16.1. The van der Waals surface area contributed by atoms with E-state index < -0.39 is 0 Å². The highest BCUT2D eigenvalue weighted by Crippen LogP contribution is 2.29. The Morgan fingerprint density at radius 2 is 1.88 bits per heavy atom. The Morgan fingerprint density at radius 3 is 2.46 bits per heavy atom. The van der Waals surface area contributed by atoms with Gasteiger partial charge in [-0.15, -0.1) is 24.2 Å². The van der Waals surface area contributed by atoms with Crippen LogP contribution in [0.1, 0.15) is 39.0 Å². The van der Waals surface area contributed by atoms with Crippen molar-refractivity contribution >= 4 is 30.1 Å². The molecule has 1 aromatic rings. The van der Waals surface area contributed by atoms with Crippen molar-refractivity contribution < 1.29 is 4.79 Å². The molecule has 1 atom stereocenters. The normalized spacial score (nSPS) is 19.6. The highest BCUT2D eigenvalue weighted by atomic mass is 35.5. The number of nitrogens with zero attached hydrogens (tertiary/aromatic N) is 1. The lowest BCUT2D eigenvalue weighted by Crippen LogP contribution is -2.47. The Morgan fingerprint density at radius 1 is 1.21 bits per heavy atom. The number of hydrogen-bond donors (Lipinski definition) is 1. The highest BCUT2D eigenvalue weighted by molar-refractivity contribution is 8.00. The van der Waals surface area contributed by atoms with Crippen molar-refractivity contribution in [3.63, 3.8) is 0 Å². The fourth-order valence-corrected chi connectivity index (χ4v) is 4.19. The van der Waals surface area contributed by atoms with Gasteiger partial charge in [-0.3, -0.25) is 4.79 Å². The number of nitrogens with one attached hydrogen (secondary N) is 1. The first-order valence-electron chi connectivity index (χ1n) is 9.00. The summed E-state index contributed by atoms with van der Waals surface area (Å²) in [6, 6.07) is 10.9. The molecule has 1 saturated heterocycles. The van der Waals surface area contributed by atoms with E-state index in [1.807, 2.05) is 18.2 Å². The summed E-state index contributed by atoms with van der Waals surface area (Å²) in [5, 5.41) is 3.73. The van der Waals surface area contributed by atoms with Gasteiger partial charge in [0.1, 0.15) is 0 Å². The maximum absolute atomic E-state index is 12.8. The molecule has 3 rings (SSSR count). The van der Waals surface area contributed by atoms with Crippen LogP contribution in [0.25, 0.3) is 0 Å². The van der Waals surface area contributed by atoms with Crippen molar-refractivity contribution in [3.8, 4) is 0 Å². The number of hydrogen-bond acceptors (Lipinski definition) is 3. The van der Waals surface area contributed by atoms with E-state index in [2.05, 4.69) is 29.3 Å². The van der Waals surface area contributed by atoms with Crippen LogP contribution >= 0.6 is 24.2 Å². The number of amides is 1. The molecule has 1 saturated carbocycles. The largest absolute Gasteiger partial charge is 0.342 e. The molecule has 1 heterocycles. The van der Waals surface area contributed by atoms with Crippen LogP contribution in [0, 0.1) is 5.92 Å². The van der Waals surface area contributed by atoms with Gasteiger partial charge in [0.25, 0.3) is 0 Å². The van der Waals surface area contributed by atoms with Crippen LogP contribution in [0.2, 0.25) is 0 Å². The molecular formula is C19H29ClN2OS. The highest BCUT2D eigenvalue weighted by Gasteiger charge is 2.29. The van der Waals surface area contributed by atoms with Crippen LogP contribution in [-0.4, -0.2) is 41.7 Å². The Hall–Kier alpha value is -0.710. The molecule has 134 valence electrons. The van der Waals surface area contributed by atoms with Gasteiger partial charge in [0.05, 0.1) is 5.25 Å². The number of piperidine rings is 1. The van der Waals surface area contributed by atoms with Gasteiger partial charge in [0, 0.05) is 24.0 Å². The van der Waals surface area contributed by atoms with Crippen LogP contribution in [0.5, 0.6) is 0 Å². The molecule has 1 aromatic carbocycles. The van der Waals surface area contributed by atoms with E-state index in [-0.39, 0.29) is 17.7 Å². The zero-order valence-corrected chi connectivity index (χ0v) is 16.1. The van der Waals surface area contributed by atoms with Crippen molar-refractivity contribution in [2.75, 3.05) is 19.6 Å². The Balaban J connectivity index is 0.00000208. The van der Waals surface area contributed by atoms with E-state index in [0.717, 1.165) is 38.3 Å². The summed E-state index contributed by atoms with van der Waals surface area (Å²) < 4.78 is 0. The van der Waals surface area contributed by atoms with Crippen LogP contribution in [-0.2, 0) is 4.79 Å². The number of carbonyl (C=O) groups is 1. The number of benzene rings is 1. The molecule has 0 bridgehead atoms. The van der Waals surface area contributed by atoms with E-state index in [1.54, 1.807) is 11.8 Å². The average molecular weight is 369 g/mol. The van der Waals surface area contributed by atoms with Gasteiger partial charge < -0.3 is 10.2 Å². The van der Waals surface area contributed by atoms with Gasteiger partial charge in [0.15, 0.2) is 0 Å². The lowest BCUT2D eigenvalue weighted by Gasteiger charge is -2.34. The van der Waals surface area contributed by atoms with Gasteiger partial charge in [-0.05, 0) is 56.7 Å². The molecule has 24 heavy (non-hydrogen) atoms. The molecule has 5 heteroatoms. The molecule has 0 radical (unpaired) electrons. The van der Waals surface area contributed by atoms with E-state index in [1.165, 1.54) is 24.3 Å². The summed E-state index contributed by atoms with van der Waals surface area (Å²) in [5.41, 5.74) is 0. The molecule has 1 aliphatic carbocycles. The first-order valence-corrected chi connectivity index (χ1v) is 9.88. The lowest BCUT2D eigenvalue weighted by atomic mass is 10.0. The first-order chi connectivity index (χ1) is 11.3. The quantitative estimate of drug-likeness (QED) is 0.739. The van der Waals surface area contributed by atoms with Crippen LogP contribution in [0.3, 0.4) is 0 Å². The summed E-state index contributed by atoms with van der Waals surface area (Å²) in [6.07, 6.45) is 5.90. The van der Waals surface area contributed by atoms with Crippen LogP contribution in [0.4, 0.5) is 0 Å². The second kappa shape index (κ2) is 9.69. The van der Waals surface area contributed by atoms with Gasteiger partial charge in [0.2, 0.25) is 5.91 Å². The maximum atomic E-state index is 12.8. The minimum atomic E-state index is 0. The first kappa shape index (κ1) is 19.6. The Kier molecular flexibility index (Phi) is 7.92. The molecule has 1 aliphatic heterocycles. The molecule has 1 amide bonds. The lowest BCUT2D eigenvalue weighted by molar-refractivity contribution is -0.131. The van der Waals surface area contributed by atoms with Gasteiger partial charge in [-0.25, -0.2) is 0 Å². The summed E-state index contributed by atoms with van der Waals surface area (Å²) in [7, 11) is 0. The van der Waals surface area contributed by atoms with Crippen molar-refractivity contribution in [3.05, 3.63) is 30.3 Å². The molecule has 1 N–H and O–H groups in total. The van der Waals surface area contributed by atoms with Crippen molar-refractivity contribution in [2.24, 2.45) is 5.92 Å². The molecule has 2 fully saturated rings. The van der Waals surface area contributed by atoms with E-state index in [0.29, 0.717) is 11.9 Å². The van der Waals surface area contributed by atoms with E-state index >= 15 is 0 Å². The van der Waals surface area contributed by atoms with Crippen molar-refractivity contribution in [1.29, 1.82) is 0 Å². The summed E-state index contributed by atoms with van der Waals surface area (Å²) in [4.78, 5) is 16.1. The number of carbonyl (C=O) groups excluding carboxylic acids is 1. The van der Waals surface area contributed by atoms with E-state index in [9.17, 15) is 4.79 Å². The fourth-order valence-electron chi connectivity index (χ4n) is 3.13. The fraction of sp³-hybridized carbons (Fsp3) is 0.632. The minimum absolute atomic E-state index is 0. The smallest absolute Gasteiger partial charge is 0.236 e. The molecule has 3 nitrogen and oxygen atoms in total. The number of rotatable bonds is 7. The molecule has 2 aliphatic rings. The van der Waals surface area contributed by atoms with Crippen LogP contribution in [0.15, 0.2) is 35.2 Å². The topological polar surface area (TPSA) is 32.3 Å². The Labute approximate surface area is 156 Å². The van der Waals surface area contributed by atoms with Crippen molar-refractivity contribution in [2.45, 2.75) is 55.2 Å². The van der Waals surface area contributed by atoms with Gasteiger partial charge in [-0.2, -0.15) is 0 Å². The third kappa shape index (κ3) is 5.68. The second-order valence-corrected chi connectivity index (χ2v) is 8.06. The standard InChI is InChI=1S/C19H28N2OS.ClH/c1-2-18(23-17-6-4-3-5-7-17)19(22)21-12-10-16(11-13-21)20-14-15-8-9-15;/h3-7,15-16,18,20H,2,8-14H2,1H3;1H. The predicted octanol–water partition coefficient (Wildman–Crippen LogP) is 3.97. The van der Waals surface area contributed by atoms with Crippen molar-refractivity contribution in [1.82, 2.24) is 10.2 Å². The zero-order valence-electron chi connectivity index (χ0n) is 14.4. The minimum Gasteiger partial charge on any atom is -0.342 e. The average Bonchev–Trinajstić information content (AvgIpc) is 3.43. The summed E-state index contributed by atoms with van der Waals surface area (Å²) in [6.45, 7) is 5.11. The Bertz CT molecular complexity index is 501. The summed E-state index contributed by atoms with van der Waals surface area (Å²) in [5.74, 6) is 1.25. The van der Waals surface area contributed by atoms with Gasteiger partial charge in [-0.1, -0.05) is 25.1 Å². The number of likely N-dealkylation sites (tertiary alicyclic amines) is 1. The predicted molar refractivity (Wildman–Crippen MR) is 104 cm³/mol. The SMILES string of the molecule is CCC(Sc1ccccc1)C(=O)N1CCC(NCC2CC2)CC1.Cl.